The number of aromatic nitrogens is 1. The number of amides is 2. The number of esters is 1. The number of carboxylic acids is 2. The molecule has 0 bridgehead atoms. The fourth-order valence-electron chi connectivity index (χ4n) is 2.95. The topological polar surface area (TPSA) is 211 Å². The van der Waals surface area contributed by atoms with E-state index in [2.05, 4.69) is 20.3 Å². The second-order valence-corrected chi connectivity index (χ2v) is 8.57. The summed E-state index contributed by atoms with van der Waals surface area (Å²) in [5, 5.41) is 25.0. The molecule has 178 valence electrons. The van der Waals surface area contributed by atoms with Crippen molar-refractivity contribution in [2.45, 2.75) is 18.3 Å². The van der Waals surface area contributed by atoms with Crippen LogP contribution in [0, 0.1) is 0 Å². The number of hydrogen-bond donors (Lipinski definition) is 4. The van der Waals surface area contributed by atoms with Crippen molar-refractivity contribution in [3.8, 4) is 0 Å². The van der Waals surface area contributed by atoms with Crippen LogP contribution in [0.5, 0.6) is 0 Å². The van der Waals surface area contributed by atoms with Gasteiger partial charge in [0.15, 0.2) is 10.8 Å². The van der Waals surface area contributed by atoms with Gasteiger partial charge in [0.2, 0.25) is 6.61 Å². The quantitative estimate of drug-likeness (QED) is 0.0801. The predicted molar refractivity (Wildman–Crippen MR) is 114 cm³/mol. The van der Waals surface area contributed by atoms with Gasteiger partial charge in [-0.1, -0.05) is 5.16 Å². The minimum Gasteiger partial charge on any atom is -1.00 e. The zero-order valence-electron chi connectivity index (χ0n) is 18.8. The molecule has 2 aliphatic rings. The van der Waals surface area contributed by atoms with E-state index in [1.165, 1.54) is 24.1 Å². The van der Waals surface area contributed by atoms with Crippen molar-refractivity contribution >= 4 is 63.7 Å². The van der Waals surface area contributed by atoms with Gasteiger partial charge in [0.25, 0.3) is 11.8 Å². The number of carbonyl (C=O) groups excluding carboxylic acids is 3. The van der Waals surface area contributed by atoms with E-state index in [4.69, 9.17) is 15.6 Å². The Labute approximate surface area is 223 Å². The monoisotopic (exact) mass is 523 g/mol. The molecule has 17 heteroatoms. The van der Waals surface area contributed by atoms with Gasteiger partial charge in [0.1, 0.15) is 29.4 Å². The van der Waals surface area contributed by atoms with Gasteiger partial charge in [0.05, 0.1) is 0 Å². The number of carboxylic acid groups (broad SMARTS) is 2. The van der Waals surface area contributed by atoms with E-state index in [-0.39, 0.29) is 65.4 Å². The standard InChI is InChI=1S/C17H17N5O9S2.Na.H/c1-6(23)30-2-7-4-32-15-11(14(27)22(15)12(7)16(28)29)20-13(26)10(21-31-3-9(24)25)8-5-33-17(18)19-8;;/h5,11,15H,2-4H2,1H3,(H2,18,19)(H,20,26)(H,24,25)(H,28,29);;/q;+1;-1/b21-10-;;/t11-,15-;;/m1../s1. The van der Waals surface area contributed by atoms with Crippen LogP contribution < -0.4 is 40.6 Å². The van der Waals surface area contributed by atoms with Gasteiger partial charge in [-0.25, -0.2) is 14.6 Å². The van der Waals surface area contributed by atoms with Crippen LogP contribution in [-0.4, -0.2) is 85.9 Å². The van der Waals surface area contributed by atoms with Crippen molar-refractivity contribution in [2.24, 2.45) is 5.16 Å². The summed E-state index contributed by atoms with van der Waals surface area (Å²) in [6, 6.07) is -1.09. The smallest absolute Gasteiger partial charge is 1.00 e. The molecule has 0 radical (unpaired) electrons. The van der Waals surface area contributed by atoms with Gasteiger partial charge in [-0.15, -0.1) is 23.1 Å². The molecule has 0 unspecified atom stereocenters. The maximum Gasteiger partial charge on any atom is 1.00 e. The molecule has 2 atom stereocenters. The average molecular weight is 523 g/mol. The van der Waals surface area contributed by atoms with Gasteiger partial charge < -0.3 is 32.3 Å². The third kappa shape index (κ3) is 6.06. The molecular formula is C17H18N5NaO9S2. The molecule has 1 aromatic rings. The Morgan fingerprint density at radius 3 is 2.65 bits per heavy atom. The maximum absolute atomic E-state index is 12.8. The minimum atomic E-state index is -1.37. The van der Waals surface area contributed by atoms with Crippen LogP contribution >= 0.6 is 23.1 Å². The SMILES string of the molecule is CC(=O)OCC1=C(C(=O)O)N2C(=O)[C@@H](NC(=O)/C(=N\OCC(=O)O)c3csc(N)n3)[C@H]2SC1.[H-].[Na+]. The van der Waals surface area contributed by atoms with Crippen LogP contribution in [0.15, 0.2) is 21.8 Å². The number of fused-ring (bicyclic) bond motifs is 1. The number of thiazole rings is 1. The first kappa shape index (κ1) is 27.6. The second kappa shape index (κ2) is 11.7. The van der Waals surface area contributed by atoms with Crippen LogP contribution in [0.1, 0.15) is 14.0 Å². The minimum absolute atomic E-state index is 0. The summed E-state index contributed by atoms with van der Waals surface area (Å²) in [6.07, 6.45) is 0. The molecule has 0 saturated carbocycles. The van der Waals surface area contributed by atoms with Crippen molar-refractivity contribution in [1.82, 2.24) is 15.2 Å². The third-order valence-corrected chi connectivity index (χ3v) is 6.32. The van der Waals surface area contributed by atoms with E-state index in [0.717, 1.165) is 16.2 Å². The van der Waals surface area contributed by atoms with Crippen LogP contribution in [0.2, 0.25) is 0 Å². The van der Waals surface area contributed by atoms with E-state index in [9.17, 15) is 29.1 Å². The summed E-state index contributed by atoms with van der Waals surface area (Å²) >= 11 is 2.18. The largest absolute Gasteiger partial charge is 1.00 e. The molecule has 34 heavy (non-hydrogen) atoms. The van der Waals surface area contributed by atoms with Crippen molar-refractivity contribution in [1.29, 1.82) is 0 Å². The molecule has 1 aromatic heterocycles. The number of hydrogen-bond acceptors (Lipinski definition) is 12. The molecular weight excluding hydrogens is 505 g/mol. The van der Waals surface area contributed by atoms with Crippen LogP contribution in [0.4, 0.5) is 5.13 Å². The fraction of sp³-hybridized carbons (Fsp3) is 0.353. The number of nitrogens with zero attached hydrogens (tertiary/aromatic N) is 3. The number of nitrogens with two attached hydrogens (primary N) is 1. The predicted octanol–water partition coefficient (Wildman–Crippen LogP) is -4.05. The van der Waals surface area contributed by atoms with Crippen molar-refractivity contribution in [3.63, 3.8) is 0 Å². The number of ether oxygens (including phenoxy) is 1. The van der Waals surface area contributed by atoms with Crippen LogP contribution in [0.25, 0.3) is 0 Å². The molecule has 5 N–H and O–H groups in total. The first-order valence-corrected chi connectivity index (χ1v) is 11.0. The molecule has 2 amide bonds. The summed E-state index contributed by atoms with van der Waals surface area (Å²) in [6.45, 7) is 0.0821. The van der Waals surface area contributed by atoms with Crippen molar-refractivity contribution < 1.29 is 74.7 Å². The van der Waals surface area contributed by atoms with Gasteiger partial charge in [-0.2, -0.15) is 0 Å². The zero-order chi connectivity index (χ0) is 24.3. The number of anilines is 1. The Bertz CT molecular complexity index is 1100. The summed E-state index contributed by atoms with van der Waals surface area (Å²) in [7, 11) is 0. The Balaban J connectivity index is 0.00000306. The number of β-lactam (4-membered cyclic amide) rings is 1. The Hall–Kier alpha value is -2.66. The Kier molecular flexibility index (Phi) is 9.45. The maximum atomic E-state index is 12.8. The molecule has 0 aliphatic carbocycles. The molecule has 14 nitrogen and oxygen atoms in total. The summed E-state index contributed by atoms with van der Waals surface area (Å²) in [5.41, 5.74) is 5.12. The summed E-state index contributed by atoms with van der Waals surface area (Å²) in [5.74, 6) is -4.72. The first-order chi connectivity index (χ1) is 15.6. The second-order valence-electron chi connectivity index (χ2n) is 6.58. The molecule has 1 saturated heterocycles. The van der Waals surface area contributed by atoms with Crippen molar-refractivity contribution in [2.75, 3.05) is 24.7 Å². The third-order valence-electron chi connectivity index (χ3n) is 4.31. The van der Waals surface area contributed by atoms with Gasteiger partial charge in [0, 0.05) is 23.6 Å². The molecule has 0 spiro atoms. The number of rotatable bonds is 9. The molecule has 2 aliphatic heterocycles. The zero-order valence-corrected chi connectivity index (χ0v) is 21.5. The number of thioether (sulfide) groups is 1. The normalized spacial score (nSPS) is 19.4. The van der Waals surface area contributed by atoms with E-state index in [0.29, 0.717) is 0 Å². The van der Waals surface area contributed by atoms with Crippen molar-refractivity contribution in [3.05, 3.63) is 22.3 Å². The Morgan fingerprint density at radius 1 is 1.38 bits per heavy atom. The van der Waals surface area contributed by atoms with E-state index in [1.54, 1.807) is 0 Å². The summed E-state index contributed by atoms with van der Waals surface area (Å²) in [4.78, 5) is 68.5. The number of carbonyl (C=O) groups is 5. The molecule has 3 rings (SSSR count). The molecule has 1 fully saturated rings. The summed E-state index contributed by atoms with van der Waals surface area (Å²) < 4.78 is 4.86. The van der Waals surface area contributed by atoms with Gasteiger partial charge in [-0.05, 0) is 0 Å². The van der Waals surface area contributed by atoms with Gasteiger partial charge >= 0.3 is 47.5 Å². The average Bonchev–Trinajstić information content (AvgIpc) is 3.17. The fourth-order valence-corrected chi connectivity index (χ4v) is 4.82. The Morgan fingerprint density at radius 2 is 2.09 bits per heavy atom. The van der Waals surface area contributed by atoms with E-state index in [1.807, 2.05) is 0 Å². The first-order valence-electron chi connectivity index (χ1n) is 9.07. The number of nitrogens with one attached hydrogen (secondary N) is 1. The van der Waals surface area contributed by atoms with E-state index < -0.39 is 53.5 Å². The number of oxime groups is 1. The van der Waals surface area contributed by atoms with Gasteiger partial charge in [-0.3, -0.25) is 19.3 Å². The van der Waals surface area contributed by atoms with Crippen LogP contribution in [-0.2, 0) is 33.5 Å². The molecule has 0 aromatic carbocycles. The number of aliphatic carboxylic acids is 2. The van der Waals surface area contributed by atoms with E-state index >= 15 is 0 Å². The molecule has 3 heterocycles. The number of nitrogen functional groups attached to an aromatic ring is 1. The van der Waals surface area contributed by atoms with Crippen LogP contribution in [0.3, 0.4) is 0 Å².